The van der Waals surface area contributed by atoms with Gasteiger partial charge in [-0.15, -0.1) is 11.3 Å². The lowest BCUT2D eigenvalue weighted by Crippen LogP contribution is -2.26. The second-order valence-electron chi connectivity index (χ2n) is 4.04. The molecule has 1 aromatic carbocycles. The van der Waals surface area contributed by atoms with Crippen LogP contribution in [0, 0.1) is 0 Å². The number of halogens is 2. The first-order valence-corrected chi connectivity index (χ1v) is 7.94. The van der Waals surface area contributed by atoms with Gasteiger partial charge in [-0.1, -0.05) is 17.7 Å². The van der Waals surface area contributed by atoms with Crippen LogP contribution < -0.4 is 5.32 Å². The van der Waals surface area contributed by atoms with Gasteiger partial charge in [-0.05, 0) is 28.1 Å². The van der Waals surface area contributed by atoms with Crippen LogP contribution in [-0.4, -0.2) is 28.5 Å². The molecular weight excluding hydrogens is 380 g/mol. The molecule has 0 atom stereocenters. The van der Waals surface area contributed by atoms with Crippen LogP contribution in [0.3, 0.4) is 0 Å². The molecule has 0 fully saturated rings. The Kier molecular flexibility index (Phi) is 5.33. The normalized spacial score (nSPS) is 10.4. The van der Waals surface area contributed by atoms with Crippen molar-refractivity contribution in [2.45, 2.75) is 6.42 Å². The van der Waals surface area contributed by atoms with Crippen molar-refractivity contribution < 1.29 is 14.7 Å². The number of nitrogens with one attached hydrogen (secondary N) is 1. The second-order valence-corrected chi connectivity index (χ2v) is 6.21. The number of carboxylic acids is 1. The van der Waals surface area contributed by atoms with Gasteiger partial charge in [0.1, 0.15) is 0 Å². The molecule has 8 heteroatoms. The highest BCUT2D eigenvalue weighted by molar-refractivity contribution is 9.10. The first kappa shape index (κ1) is 15.9. The van der Waals surface area contributed by atoms with E-state index in [1.165, 1.54) is 16.7 Å². The summed E-state index contributed by atoms with van der Waals surface area (Å²) in [6.07, 6.45) is 0.468. The molecule has 1 heterocycles. The van der Waals surface area contributed by atoms with Crippen molar-refractivity contribution in [3.63, 3.8) is 0 Å². The molecule has 110 valence electrons. The Hall–Kier alpha value is -1.44. The smallest absolute Gasteiger partial charge is 0.355 e. The molecule has 0 unspecified atom stereocenters. The van der Waals surface area contributed by atoms with Gasteiger partial charge in [-0.2, -0.15) is 0 Å². The molecule has 0 aliphatic heterocycles. The van der Waals surface area contributed by atoms with Gasteiger partial charge < -0.3 is 10.4 Å². The quantitative estimate of drug-likeness (QED) is 0.823. The lowest BCUT2D eigenvalue weighted by atomic mass is 10.2. The van der Waals surface area contributed by atoms with Gasteiger partial charge in [0.15, 0.2) is 5.69 Å². The molecule has 0 aliphatic rings. The highest BCUT2D eigenvalue weighted by atomic mass is 79.9. The van der Waals surface area contributed by atoms with E-state index in [-0.39, 0.29) is 11.6 Å². The third-order valence-corrected chi connectivity index (χ3v) is 4.80. The van der Waals surface area contributed by atoms with Crippen molar-refractivity contribution in [1.82, 2.24) is 10.3 Å². The Morgan fingerprint density at radius 1 is 1.43 bits per heavy atom. The number of carbonyl (C=O) groups is 2. The number of hydrogen-bond donors (Lipinski definition) is 2. The highest BCUT2D eigenvalue weighted by Gasteiger charge is 2.12. The molecule has 0 saturated heterocycles. The lowest BCUT2D eigenvalue weighted by molar-refractivity contribution is 0.0690. The summed E-state index contributed by atoms with van der Waals surface area (Å²) in [6, 6.07) is 5.11. The van der Waals surface area contributed by atoms with Gasteiger partial charge in [0.25, 0.3) is 5.91 Å². The van der Waals surface area contributed by atoms with Crippen LogP contribution in [0.25, 0.3) is 0 Å². The average molecular weight is 390 g/mol. The van der Waals surface area contributed by atoms with Gasteiger partial charge in [-0.3, -0.25) is 4.79 Å². The number of aromatic carboxylic acids is 1. The van der Waals surface area contributed by atoms with Crippen molar-refractivity contribution in [3.8, 4) is 0 Å². The number of nitrogens with zero attached hydrogens (tertiary/aromatic N) is 1. The minimum Gasteiger partial charge on any atom is -0.476 e. The molecule has 5 nitrogen and oxygen atoms in total. The molecule has 2 N–H and O–H groups in total. The number of rotatable bonds is 5. The summed E-state index contributed by atoms with van der Waals surface area (Å²) in [7, 11) is 0. The maximum atomic E-state index is 12.0. The van der Waals surface area contributed by atoms with Crippen molar-refractivity contribution >= 4 is 50.7 Å². The first-order valence-electron chi connectivity index (χ1n) is 5.89. The average Bonchev–Trinajstić information content (AvgIpc) is 2.91. The van der Waals surface area contributed by atoms with E-state index in [1.807, 2.05) is 0 Å². The molecule has 0 bridgehead atoms. The fourth-order valence-electron chi connectivity index (χ4n) is 1.58. The van der Waals surface area contributed by atoms with E-state index in [4.69, 9.17) is 16.7 Å². The van der Waals surface area contributed by atoms with Crippen LogP contribution in [0.5, 0.6) is 0 Å². The van der Waals surface area contributed by atoms with Crippen LogP contribution in [0.1, 0.15) is 25.9 Å². The topological polar surface area (TPSA) is 79.3 Å². The van der Waals surface area contributed by atoms with Gasteiger partial charge >= 0.3 is 5.97 Å². The van der Waals surface area contributed by atoms with Crippen LogP contribution in [0.4, 0.5) is 0 Å². The third kappa shape index (κ3) is 4.03. The molecule has 21 heavy (non-hydrogen) atoms. The summed E-state index contributed by atoms with van der Waals surface area (Å²) in [5, 5.41) is 14.0. The Labute approximate surface area is 138 Å². The molecule has 0 spiro atoms. The maximum absolute atomic E-state index is 12.0. The van der Waals surface area contributed by atoms with Crippen LogP contribution in [-0.2, 0) is 6.42 Å². The second kappa shape index (κ2) is 7.02. The van der Waals surface area contributed by atoms with E-state index in [2.05, 4.69) is 26.2 Å². The predicted octanol–water partition coefficient (Wildman–Crippen LogP) is 3.23. The van der Waals surface area contributed by atoms with Crippen molar-refractivity contribution in [2.24, 2.45) is 0 Å². The molecule has 0 aliphatic carbocycles. The fourth-order valence-corrected chi connectivity index (χ4v) is 2.93. The van der Waals surface area contributed by atoms with Gasteiger partial charge in [0, 0.05) is 22.8 Å². The zero-order valence-electron chi connectivity index (χ0n) is 10.6. The van der Waals surface area contributed by atoms with E-state index < -0.39 is 5.97 Å². The Morgan fingerprint density at radius 2 is 2.19 bits per heavy atom. The van der Waals surface area contributed by atoms with E-state index in [1.54, 1.807) is 18.2 Å². The molecule has 1 aromatic heterocycles. The zero-order chi connectivity index (χ0) is 15.4. The van der Waals surface area contributed by atoms with E-state index in [9.17, 15) is 9.59 Å². The Morgan fingerprint density at radius 3 is 2.86 bits per heavy atom. The minimum atomic E-state index is -1.05. The number of amides is 1. The number of carbonyl (C=O) groups excluding carboxylic acids is 1. The molecule has 2 rings (SSSR count). The molecule has 0 saturated carbocycles. The van der Waals surface area contributed by atoms with Crippen molar-refractivity contribution in [1.29, 1.82) is 0 Å². The predicted molar refractivity (Wildman–Crippen MR) is 84.3 cm³/mol. The van der Waals surface area contributed by atoms with Crippen LogP contribution in [0.15, 0.2) is 28.1 Å². The first-order chi connectivity index (χ1) is 9.99. The standard InChI is InChI=1S/C13H10BrClN2O3S/c14-8-3-1-2-7(11(8)15)12(18)16-5-4-10-17-9(6-21-10)13(19)20/h1-3,6H,4-5H2,(H,16,18)(H,19,20). The minimum absolute atomic E-state index is 0.0244. The van der Waals surface area contributed by atoms with Gasteiger partial charge in [0.2, 0.25) is 0 Å². The number of hydrogen-bond acceptors (Lipinski definition) is 4. The number of thiazole rings is 1. The summed E-state index contributed by atoms with van der Waals surface area (Å²) in [5.74, 6) is -1.33. The summed E-state index contributed by atoms with van der Waals surface area (Å²) < 4.78 is 0.655. The number of carboxylic acid groups (broad SMARTS) is 1. The summed E-state index contributed by atoms with van der Waals surface area (Å²) in [5.41, 5.74) is 0.410. The fraction of sp³-hybridized carbons (Fsp3) is 0.154. The Balaban J connectivity index is 1.92. The maximum Gasteiger partial charge on any atom is 0.355 e. The molecular formula is C13H10BrClN2O3S. The van der Waals surface area contributed by atoms with Gasteiger partial charge in [0.05, 0.1) is 15.6 Å². The molecule has 2 aromatic rings. The van der Waals surface area contributed by atoms with E-state index in [0.29, 0.717) is 33.0 Å². The molecule has 1 amide bonds. The van der Waals surface area contributed by atoms with Gasteiger partial charge in [-0.25, -0.2) is 9.78 Å². The Bertz CT molecular complexity index is 690. The number of aromatic nitrogens is 1. The monoisotopic (exact) mass is 388 g/mol. The van der Waals surface area contributed by atoms with Crippen LogP contribution in [0.2, 0.25) is 5.02 Å². The summed E-state index contributed by atoms with van der Waals surface area (Å²) >= 11 is 10.6. The lowest BCUT2D eigenvalue weighted by Gasteiger charge is -2.06. The summed E-state index contributed by atoms with van der Waals surface area (Å²) in [4.78, 5) is 26.6. The van der Waals surface area contributed by atoms with E-state index >= 15 is 0 Å². The largest absolute Gasteiger partial charge is 0.476 e. The highest BCUT2D eigenvalue weighted by Crippen LogP contribution is 2.25. The zero-order valence-corrected chi connectivity index (χ0v) is 13.8. The third-order valence-electron chi connectivity index (χ3n) is 2.59. The SMILES string of the molecule is O=C(O)c1csc(CCNC(=O)c2cccc(Br)c2Cl)n1. The van der Waals surface area contributed by atoms with Crippen molar-refractivity contribution in [2.75, 3.05) is 6.54 Å². The van der Waals surface area contributed by atoms with E-state index in [0.717, 1.165) is 0 Å². The van der Waals surface area contributed by atoms with Crippen molar-refractivity contribution in [3.05, 3.63) is 49.3 Å². The number of benzene rings is 1. The van der Waals surface area contributed by atoms with Crippen LogP contribution >= 0.6 is 38.9 Å². The summed E-state index contributed by atoms with van der Waals surface area (Å²) in [6.45, 7) is 0.355. The molecule has 0 radical (unpaired) electrons.